The Balaban J connectivity index is 2.63. The molecule has 8 heteroatoms. The van der Waals surface area contributed by atoms with Crippen molar-refractivity contribution in [2.24, 2.45) is 5.41 Å². The van der Waals surface area contributed by atoms with E-state index in [1.807, 2.05) is 27.7 Å². The fourth-order valence-corrected chi connectivity index (χ4v) is 3.14. The third-order valence-corrected chi connectivity index (χ3v) is 4.79. The molecule has 25 heavy (non-hydrogen) atoms. The van der Waals surface area contributed by atoms with Crippen LogP contribution >= 0.6 is 7.60 Å². The van der Waals surface area contributed by atoms with Crippen molar-refractivity contribution in [1.29, 1.82) is 0 Å². The third kappa shape index (κ3) is 8.18. The lowest BCUT2D eigenvalue weighted by Crippen LogP contribution is -2.25. The van der Waals surface area contributed by atoms with Gasteiger partial charge in [0, 0.05) is 18.8 Å². The van der Waals surface area contributed by atoms with E-state index in [4.69, 9.17) is 14.2 Å². The van der Waals surface area contributed by atoms with Crippen LogP contribution < -0.4 is 9.84 Å². The number of carboxylic acids is 1. The molecule has 1 rings (SSSR count). The van der Waals surface area contributed by atoms with Crippen LogP contribution in [0.1, 0.15) is 40.5 Å². The molecule has 0 saturated heterocycles. The Bertz CT molecular complexity index is 650. The summed E-state index contributed by atoms with van der Waals surface area (Å²) < 4.78 is 23.5. The number of hydrogen-bond acceptors (Lipinski definition) is 5. The molecule has 0 radical (unpaired) electrons. The van der Waals surface area contributed by atoms with Crippen molar-refractivity contribution in [3.05, 3.63) is 24.3 Å². The molecule has 0 spiro atoms. The van der Waals surface area contributed by atoms with Crippen LogP contribution in [-0.2, 0) is 18.7 Å². The second-order valence-electron chi connectivity index (χ2n) is 6.94. The first-order chi connectivity index (χ1) is 11.4. The topological polar surface area (TPSA) is 102 Å². The van der Waals surface area contributed by atoms with Crippen LogP contribution in [0.3, 0.4) is 0 Å². The van der Waals surface area contributed by atoms with Crippen LogP contribution in [0.2, 0.25) is 0 Å². The average molecular weight is 371 g/mol. The van der Waals surface area contributed by atoms with E-state index in [2.05, 4.69) is 5.32 Å². The number of rotatable bonds is 8. The number of amides is 1. The molecule has 7 nitrogen and oxygen atoms in total. The van der Waals surface area contributed by atoms with Gasteiger partial charge in [0.15, 0.2) is 0 Å². The Kier molecular flexibility index (Phi) is 7.20. The summed E-state index contributed by atoms with van der Waals surface area (Å²) in [4.78, 5) is 22.0. The van der Waals surface area contributed by atoms with E-state index in [0.29, 0.717) is 11.4 Å². The van der Waals surface area contributed by atoms with Gasteiger partial charge in [0.25, 0.3) is 0 Å². The Hall–Kier alpha value is -1.85. The summed E-state index contributed by atoms with van der Waals surface area (Å²) in [5, 5.41) is 11.1. The monoisotopic (exact) mass is 371 g/mol. The molecule has 1 aromatic rings. The van der Waals surface area contributed by atoms with Crippen molar-refractivity contribution in [2.75, 3.05) is 12.0 Å². The van der Waals surface area contributed by atoms with Gasteiger partial charge >= 0.3 is 13.6 Å². The van der Waals surface area contributed by atoms with Gasteiger partial charge < -0.3 is 14.9 Å². The Morgan fingerprint density at radius 1 is 1.20 bits per heavy atom. The van der Waals surface area contributed by atoms with Gasteiger partial charge in [0.1, 0.15) is 5.75 Å². The zero-order chi connectivity index (χ0) is 19.3. The van der Waals surface area contributed by atoms with E-state index >= 15 is 0 Å². The summed E-state index contributed by atoms with van der Waals surface area (Å²) in [5.74, 6) is -1.06. The predicted molar refractivity (Wildman–Crippen MR) is 96.1 cm³/mol. The van der Waals surface area contributed by atoms with Gasteiger partial charge in [0.2, 0.25) is 5.91 Å². The number of anilines is 1. The predicted octanol–water partition coefficient (Wildman–Crippen LogP) is 4.14. The first kappa shape index (κ1) is 21.2. The molecule has 0 bridgehead atoms. The van der Waals surface area contributed by atoms with Crippen LogP contribution in [0.15, 0.2) is 24.3 Å². The fourth-order valence-electron chi connectivity index (χ4n) is 1.70. The lowest BCUT2D eigenvalue weighted by atomic mass is 9.91. The maximum Gasteiger partial charge on any atom is 0.376 e. The first-order valence-corrected chi connectivity index (χ1v) is 9.95. The molecule has 0 aromatic heterocycles. The molecular weight excluding hydrogens is 345 g/mol. The quantitative estimate of drug-likeness (QED) is 0.666. The number of benzene rings is 1. The van der Waals surface area contributed by atoms with E-state index in [0.717, 1.165) is 0 Å². The van der Waals surface area contributed by atoms with Gasteiger partial charge in [-0.05, 0) is 36.6 Å². The molecule has 1 aromatic carbocycles. The van der Waals surface area contributed by atoms with Crippen LogP contribution in [0.5, 0.6) is 5.75 Å². The largest absolute Gasteiger partial charge is 0.481 e. The second kappa shape index (κ2) is 8.50. The van der Waals surface area contributed by atoms with Gasteiger partial charge in [-0.2, -0.15) is 0 Å². The molecule has 0 aliphatic carbocycles. The third-order valence-electron chi connectivity index (χ3n) is 3.54. The van der Waals surface area contributed by atoms with E-state index in [1.165, 1.54) is 6.66 Å². The Morgan fingerprint density at radius 3 is 2.24 bits per heavy atom. The molecule has 0 fully saturated rings. The lowest BCUT2D eigenvalue weighted by molar-refractivity contribution is -0.138. The Labute approximate surface area is 148 Å². The minimum absolute atomic E-state index is 0.101. The number of aliphatic carboxylic acids is 1. The van der Waals surface area contributed by atoms with Gasteiger partial charge in [-0.25, -0.2) is 4.57 Å². The van der Waals surface area contributed by atoms with E-state index in [9.17, 15) is 14.2 Å². The summed E-state index contributed by atoms with van der Waals surface area (Å²) in [6, 6.07) is 6.30. The second-order valence-corrected chi connectivity index (χ2v) is 8.88. The molecule has 140 valence electrons. The standard InChI is InChI=1S/C17H26NO6P/c1-12(17(2,3)4)23-25(5,22)24-14-8-6-13(7-9-14)18-15(19)10-11-16(20)21/h6-9,12H,10-11H2,1-5H3,(H,18,19)(H,20,21)/t12-,25+/m0/s1. The molecule has 2 atom stereocenters. The van der Waals surface area contributed by atoms with Crippen molar-refractivity contribution < 1.29 is 28.3 Å². The molecule has 0 heterocycles. The summed E-state index contributed by atoms with van der Waals surface area (Å²) in [7, 11) is -3.28. The van der Waals surface area contributed by atoms with Gasteiger partial charge in [-0.15, -0.1) is 0 Å². The molecular formula is C17H26NO6P. The lowest BCUT2D eigenvalue weighted by Gasteiger charge is -2.29. The highest BCUT2D eigenvalue weighted by Gasteiger charge is 2.29. The minimum atomic E-state index is -3.28. The molecule has 2 N–H and O–H groups in total. The summed E-state index contributed by atoms with van der Waals surface area (Å²) in [6.45, 7) is 9.21. The maximum atomic E-state index is 12.5. The molecule has 1 amide bonds. The summed E-state index contributed by atoms with van der Waals surface area (Å²) in [5.41, 5.74) is 0.330. The van der Waals surface area contributed by atoms with Crippen molar-refractivity contribution in [1.82, 2.24) is 0 Å². The van der Waals surface area contributed by atoms with Crippen LogP contribution in [0.25, 0.3) is 0 Å². The average Bonchev–Trinajstić information content (AvgIpc) is 2.45. The number of carbonyl (C=O) groups is 2. The smallest absolute Gasteiger partial charge is 0.376 e. The number of carboxylic acid groups (broad SMARTS) is 1. The molecule has 0 aliphatic heterocycles. The summed E-state index contributed by atoms with van der Waals surface area (Å²) in [6.07, 6.45) is -0.581. The normalized spacial score (nSPS) is 15.1. The van der Waals surface area contributed by atoms with Crippen molar-refractivity contribution in [2.45, 2.75) is 46.6 Å². The zero-order valence-corrected chi connectivity index (χ0v) is 16.1. The fraction of sp³-hybridized carbons (Fsp3) is 0.529. The molecule has 0 aliphatic rings. The highest BCUT2D eigenvalue weighted by molar-refractivity contribution is 7.53. The van der Waals surface area contributed by atoms with Crippen molar-refractivity contribution >= 4 is 25.2 Å². The van der Waals surface area contributed by atoms with Crippen LogP contribution in [-0.4, -0.2) is 29.8 Å². The van der Waals surface area contributed by atoms with Crippen molar-refractivity contribution in [3.63, 3.8) is 0 Å². The van der Waals surface area contributed by atoms with E-state index in [-0.39, 0.29) is 30.3 Å². The highest BCUT2D eigenvalue weighted by atomic mass is 31.2. The maximum absolute atomic E-state index is 12.5. The van der Waals surface area contributed by atoms with E-state index < -0.39 is 13.6 Å². The minimum Gasteiger partial charge on any atom is -0.481 e. The first-order valence-electron chi connectivity index (χ1n) is 7.96. The van der Waals surface area contributed by atoms with Gasteiger partial charge in [-0.3, -0.25) is 14.1 Å². The molecule has 0 unspecified atom stereocenters. The van der Waals surface area contributed by atoms with Crippen LogP contribution in [0, 0.1) is 5.41 Å². The SMILES string of the molecule is C[C@H](O[P@@](C)(=O)Oc1ccc(NC(=O)CCC(=O)O)cc1)C(C)(C)C. The number of nitrogens with one attached hydrogen (secondary N) is 1. The van der Waals surface area contributed by atoms with E-state index in [1.54, 1.807) is 24.3 Å². The summed E-state index contributed by atoms with van der Waals surface area (Å²) >= 11 is 0. The van der Waals surface area contributed by atoms with Gasteiger partial charge in [0.05, 0.1) is 12.5 Å². The van der Waals surface area contributed by atoms with Crippen LogP contribution in [0.4, 0.5) is 5.69 Å². The molecule has 0 saturated carbocycles. The number of carbonyl (C=O) groups excluding carboxylic acids is 1. The van der Waals surface area contributed by atoms with Crippen molar-refractivity contribution in [3.8, 4) is 5.75 Å². The highest BCUT2D eigenvalue weighted by Crippen LogP contribution is 2.47. The zero-order valence-electron chi connectivity index (χ0n) is 15.2. The van der Waals surface area contributed by atoms with Gasteiger partial charge in [-0.1, -0.05) is 20.8 Å². The Morgan fingerprint density at radius 2 is 1.76 bits per heavy atom. The number of hydrogen-bond donors (Lipinski definition) is 2.